The van der Waals surface area contributed by atoms with Crippen LogP contribution in [0.15, 0.2) is 36.4 Å². The zero-order chi connectivity index (χ0) is 27.9. The van der Waals surface area contributed by atoms with E-state index in [0.717, 1.165) is 50.9 Å². The molecule has 0 N–H and O–H groups in total. The molecule has 216 valence electrons. The van der Waals surface area contributed by atoms with Gasteiger partial charge in [0, 0.05) is 5.56 Å². The Kier molecular flexibility index (Phi) is 13.8. The van der Waals surface area contributed by atoms with E-state index in [-0.39, 0.29) is 23.2 Å². The summed E-state index contributed by atoms with van der Waals surface area (Å²) in [6.07, 6.45) is 18.4. The number of ether oxygens (including phenoxy) is 2. The first-order valence-electron chi connectivity index (χ1n) is 15.5. The first-order chi connectivity index (χ1) is 19.0. The lowest BCUT2D eigenvalue weighted by Gasteiger charge is -2.27. The number of esters is 1. The van der Waals surface area contributed by atoms with Crippen molar-refractivity contribution in [2.45, 2.75) is 117 Å². The van der Waals surface area contributed by atoms with Gasteiger partial charge in [0.1, 0.15) is 5.75 Å². The number of carbonyl (C=O) groups is 1. The lowest BCUT2D eigenvalue weighted by atomic mass is 9.80. The van der Waals surface area contributed by atoms with Gasteiger partial charge in [0.25, 0.3) is 0 Å². The number of benzene rings is 2. The Morgan fingerprint density at radius 1 is 0.744 bits per heavy atom. The van der Waals surface area contributed by atoms with Crippen LogP contribution in [0, 0.1) is 23.5 Å². The van der Waals surface area contributed by atoms with Crippen LogP contribution >= 0.6 is 0 Å². The van der Waals surface area contributed by atoms with Crippen molar-refractivity contribution in [3.8, 4) is 22.6 Å². The molecule has 2 aromatic carbocycles. The third-order valence-corrected chi connectivity index (χ3v) is 8.08. The minimum Gasteiger partial charge on any atom is -0.490 e. The van der Waals surface area contributed by atoms with Crippen LogP contribution in [-0.4, -0.2) is 12.6 Å². The fourth-order valence-corrected chi connectivity index (χ4v) is 5.56. The highest BCUT2D eigenvalue weighted by atomic mass is 19.2. The molecule has 0 unspecified atom stereocenters. The Balaban J connectivity index is 1.44. The molecule has 0 spiro atoms. The van der Waals surface area contributed by atoms with E-state index in [9.17, 15) is 13.6 Å². The van der Waals surface area contributed by atoms with E-state index >= 15 is 0 Å². The van der Waals surface area contributed by atoms with Gasteiger partial charge in [-0.25, -0.2) is 4.39 Å². The van der Waals surface area contributed by atoms with E-state index in [1.807, 2.05) is 0 Å². The molecule has 39 heavy (non-hydrogen) atoms. The highest BCUT2D eigenvalue weighted by Gasteiger charge is 2.27. The van der Waals surface area contributed by atoms with Gasteiger partial charge in [-0.3, -0.25) is 4.79 Å². The quantitative estimate of drug-likeness (QED) is 0.113. The Morgan fingerprint density at radius 2 is 1.36 bits per heavy atom. The van der Waals surface area contributed by atoms with Crippen molar-refractivity contribution in [1.82, 2.24) is 0 Å². The predicted octanol–water partition coefficient (Wildman–Crippen LogP) is 10.4. The molecule has 0 amide bonds. The lowest BCUT2D eigenvalue weighted by Crippen LogP contribution is -2.25. The van der Waals surface area contributed by atoms with E-state index in [0.29, 0.717) is 17.9 Å². The summed E-state index contributed by atoms with van der Waals surface area (Å²) in [5, 5.41) is 0. The standard InChI is InChI=1S/C34H48F2O3/c1-3-5-7-9-11-13-25-38-31-24-23-30(32(35)33(31)36)27-19-21-29(22-20-27)39-34(37)28-17-15-26(16-18-28)14-12-10-8-6-4-2/h19-24,26,28H,3-18,25H2,1-2H3/t26-,28-. The van der Waals surface area contributed by atoms with Gasteiger partial charge in [-0.1, -0.05) is 96.6 Å². The van der Waals surface area contributed by atoms with Crippen LogP contribution in [0.3, 0.4) is 0 Å². The summed E-state index contributed by atoms with van der Waals surface area (Å²) in [6, 6.07) is 9.64. The SMILES string of the molecule is CCCCCCCCOc1ccc(-c2ccc(OC(=O)[C@H]3CC[C@H](CCCCCCC)CC3)cc2)c(F)c1F. The average Bonchev–Trinajstić information content (AvgIpc) is 2.95. The van der Waals surface area contributed by atoms with Gasteiger partial charge in [0.05, 0.1) is 12.5 Å². The van der Waals surface area contributed by atoms with E-state index in [1.165, 1.54) is 69.9 Å². The summed E-state index contributed by atoms with van der Waals surface area (Å²) >= 11 is 0. The predicted molar refractivity (Wildman–Crippen MR) is 155 cm³/mol. The molecule has 0 aromatic heterocycles. The molecule has 2 aromatic rings. The van der Waals surface area contributed by atoms with Crippen molar-refractivity contribution in [2.24, 2.45) is 11.8 Å². The van der Waals surface area contributed by atoms with Crippen LogP contribution in [0.25, 0.3) is 11.1 Å². The van der Waals surface area contributed by atoms with Crippen molar-refractivity contribution in [2.75, 3.05) is 6.61 Å². The maximum atomic E-state index is 14.8. The molecular weight excluding hydrogens is 494 g/mol. The van der Waals surface area contributed by atoms with E-state index in [1.54, 1.807) is 24.3 Å². The second-order valence-corrected chi connectivity index (χ2v) is 11.2. The largest absolute Gasteiger partial charge is 0.490 e. The molecule has 3 nitrogen and oxygen atoms in total. The number of hydrogen-bond donors (Lipinski definition) is 0. The van der Waals surface area contributed by atoms with Crippen molar-refractivity contribution >= 4 is 5.97 Å². The molecule has 1 aliphatic carbocycles. The third-order valence-electron chi connectivity index (χ3n) is 8.08. The maximum absolute atomic E-state index is 14.8. The van der Waals surface area contributed by atoms with E-state index in [4.69, 9.17) is 9.47 Å². The zero-order valence-electron chi connectivity index (χ0n) is 24.1. The Bertz CT molecular complexity index is 981. The van der Waals surface area contributed by atoms with Gasteiger partial charge >= 0.3 is 5.97 Å². The van der Waals surface area contributed by atoms with Crippen molar-refractivity contribution < 1.29 is 23.0 Å². The highest BCUT2D eigenvalue weighted by Crippen LogP contribution is 2.34. The third kappa shape index (κ3) is 10.2. The molecule has 0 atom stereocenters. The highest BCUT2D eigenvalue weighted by molar-refractivity contribution is 5.75. The molecule has 3 rings (SSSR count). The fourth-order valence-electron chi connectivity index (χ4n) is 5.56. The Morgan fingerprint density at radius 3 is 2.03 bits per heavy atom. The van der Waals surface area contributed by atoms with Gasteiger partial charge in [-0.15, -0.1) is 0 Å². The number of rotatable bonds is 17. The van der Waals surface area contributed by atoms with E-state index in [2.05, 4.69) is 13.8 Å². The molecular formula is C34H48F2O3. The average molecular weight is 543 g/mol. The molecule has 5 heteroatoms. The summed E-state index contributed by atoms with van der Waals surface area (Å²) in [7, 11) is 0. The Labute approximate surface area is 234 Å². The molecule has 0 saturated heterocycles. The zero-order valence-corrected chi connectivity index (χ0v) is 24.1. The second kappa shape index (κ2) is 17.3. The van der Waals surface area contributed by atoms with Gasteiger partial charge in [-0.2, -0.15) is 4.39 Å². The van der Waals surface area contributed by atoms with Gasteiger partial charge in [0.2, 0.25) is 5.82 Å². The minimum absolute atomic E-state index is 0.0541. The van der Waals surface area contributed by atoms with Crippen molar-refractivity contribution in [3.05, 3.63) is 48.0 Å². The molecule has 1 saturated carbocycles. The number of halogens is 2. The summed E-state index contributed by atoms with van der Waals surface area (Å²) in [4.78, 5) is 12.7. The second-order valence-electron chi connectivity index (χ2n) is 11.2. The number of carbonyl (C=O) groups excluding carboxylic acids is 1. The monoisotopic (exact) mass is 542 g/mol. The Hall–Kier alpha value is -2.43. The van der Waals surface area contributed by atoms with Gasteiger partial charge in [0.15, 0.2) is 11.6 Å². The van der Waals surface area contributed by atoms with Crippen molar-refractivity contribution in [3.63, 3.8) is 0 Å². The van der Waals surface area contributed by atoms with Gasteiger partial charge in [-0.05, 0) is 67.9 Å². The molecule has 1 fully saturated rings. The topological polar surface area (TPSA) is 35.5 Å². The summed E-state index contributed by atoms with van der Waals surface area (Å²) in [5.41, 5.74) is 0.679. The molecule has 0 aliphatic heterocycles. The molecule has 1 aliphatic rings. The van der Waals surface area contributed by atoms with Crippen LogP contribution in [-0.2, 0) is 4.79 Å². The lowest BCUT2D eigenvalue weighted by molar-refractivity contribution is -0.140. The van der Waals surface area contributed by atoms with Crippen molar-refractivity contribution in [1.29, 1.82) is 0 Å². The smallest absolute Gasteiger partial charge is 0.314 e. The first kappa shape index (κ1) is 31.1. The summed E-state index contributed by atoms with van der Waals surface area (Å²) < 4.78 is 40.6. The number of unbranched alkanes of at least 4 members (excludes halogenated alkanes) is 9. The molecule has 0 heterocycles. The van der Waals surface area contributed by atoms with Crippen LogP contribution in [0.4, 0.5) is 8.78 Å². The summed E-state index contributed by atoms with van der Waals surface area (Å²) in [5.74, 6) is -1.03. The van der Waals surface area contributed by atoms with Gasteiger partial charge < -0.3 is 9.47 Å². The molecule has 0 bridgehead atoms. The summed E-state index contributed by atoms with van der Waals surface area (Å²) in [6.45, 7) is 4.79. The van der Waals surface area contributed by atoms with Crippen LogP contribution in [0.1, 0.15) is 117 Å². The normalized spacial score (nSPS) is 17.2. The number of hydrogen-bond acceptors (Lipinski definition) is 3. The minimum atomic E-state index is -0.967. The molecule has 0 radical (unpaired) electrons. The van der Waals surface area contributed by atoms with E-state index < -0.39 is 11.6 Å². The van der Waals surface area contributed by atoms with Crippen LogP contribution < -0.4 is 9.47 Å². The van der Waals surface area contributed by atoms with Crippen LogP contribution in [0.5, 0.6) is 11.5 Å². The maximum Gasteiger partial charge on any atom is 0.314 e. The van der Waals surface area contributed by atoms with Crippen LogP contribution in [0.2, 0.25) is 0 Å². The first-order valence-corrected chi connectivity index (χ1v) is 15.5. The fraction of sp³-hybridized carbons (Fsp3) is 0.618.